The highest BCUT2D eigenvalue weighted by Crippen LogP contribution is 2.11. The summed E-state index contributed by atoms with van der Waals surface area (Å²) in [5, 5.41) is 0. The molecule has 80 valence electrons. The lowest BCUT2D eigenvalue weighted by atomic mass is 10.1. The van der Waals surface area contributed by atoms with E-state index >= 15 is 0 Å². The standard InChI is InChI=1S/C10H22OS2/c1-3-5-6-7-8-9-10-13(11)12-4-2/h3-10H2,1-2H3. The van der Waals surface area contributed by atoms with Gasteiger partial charge in [-0.1, -0.05) is 56.7 Å². The van der Waals surface area contributed by atoms with Gasteiger partial charge in [0.05, 0.1) is 9.83 Å². The van der Waals surface area contributed by atoms with E-state index in [-0.39, 0.29) is 0 Å². The summed E-state index contributed by atoms with van der Waals surface area (Å²) in [4.78, 5) is 0. The van der Waals surface area contributed by atoms with E-state index in [1.807, 2.05) is 0 Å². The molecule has 0 saturated carbocycles. The van der Waals surface area contributed by atoms with E-state index in [4.69, 9.17) is 0 Å². The largest absolute Gasteiger partial charge is 0.248 e. The molecule has 13 heavy (non-hydrogen) atoms. The molecule has 0 fully saturated rings. The van der Waals surface area contributed by atoms with Crippen molar-refractivity contribution in [1.29, 1.82) is 0 Å². The molecule has 0 aromatic heterocycles. The maximum Gasteiger partial charge on any atom is 0.0803 e. The maximum atomic E-state index is 11.2. The van der Waals surface area contributed by atoms with Gasteiger partial charge in [0.25, 0.3) is 0 Å². The van der Waals surface area contributed by atoms with Crippen LogP contribution >= 0.6 is 10.8 Å². The molecule has 0 rings (SSSR count). The second-order valence-electron chi connectivity index (χ2n) is 3.18. The highest BCUT2D eigenvalue weighted by atomic mass is 33.1. The lowest BCUT2D eigenvalue weighted by Crippen LogP contribution is -1.92. The molecule has 0 bridgehead atoms. The van der Waals surface area contributed by atoms with Crippen LogP contribution in [0.4, 0.5) is 0 Å². The van der Waals surface area contributed by atoms with E-state index in [2.05, 4.69) is 13.8 Å². The van der Waals surface area contributed by atoms with Crippen molar-refractivity contribution < 1.29 is 4.21 Å². The van der Waals surface area contributed by atoms with Gasteiger partial charge in [-0.15, -0.1) is 0 Å². The molecule has 0 aliphatic rings. The Balaban J connectivity index is 3.02. The Bertz CT molecular complexity index is 126. The van der Waals surface area contributed by atoms with E-state index in [1.54, 1.807) is 10.8 Å². The van der Waals surface area contributed by atoms with Crippen molar-refractivity contribution in [1.82, 2.24) is 0 Å². The predicted molar refractivity (Wildman–Crippen MR) is 64.5 cm³/mol. The van der Waals surface area contributed by atoms with Crippen molar-refractivity contribution >= 4 is 20.6 Å². The molecule has 0 aliphatic carbocycles. The summed E-state index contributed by atoms with van der Waals surface area (Å²) in [7, 11) is 0.961. The van der Waals surface area contributed by atoms with Crippen molar-refractivity contribution in [2.24, 2.45) is 0 Å². The van der Waals surface area contributed by atoms with E-state index < -0.39 is 9.83 Å². The summed E-state index contributed by atoms with van der Waals surface area (Å²) >= 11 is 0. The maximum absolute atomic E-state index is 11.2. The lowest BCUT2D eigenvalue weighted by molar-refractivity contribution is 0.623. The molecular formula is C10H22OS2. The van der Waals surface area contributed by atoms with Gasteiger partial charge in [-0.3, -0.25) is 0 Å². The Hall–Kier alpha value is 0.500. The van der Waals surface area contributed by atoms with Crippen LogP contribution in [0.1, 0.15) is 52.4 Å². The number of rotatable bonds is 9. The Morgan fingerprint density at radius 1 is 1.00 bits per heavy atom. The Morgan fingerprint density at radius 2 is 1.62 bits per heavy atom. The molecule has 1 atom stereocenters. The van der Waals surface area contributed by atoms with Gasteiger partial charge in [0.1, 0.15) is 0 Å². The minimum atomic E-state index is -0.611. The van der Waals surface area contributed by atoms with Crippen LogP contribution in [0.15, 0.2) is 0 Å². The third-order valence-electron chi connectivity index (χ3n) is 1.91. The molecule has 0 spiro atoms. The summed E-state index contributed by atoms with van der Waals surface area (Å²) in [6, 6.07) is 0. The van der Waals surface area contributed by atoms with Gasteiger partial charge < -0.3 is 0 Å². The summed E-state index contributed by atoms with van der Waals surface area (Å²) in [6.45, 7) is 4.29. The summed E-state index contributed by atoms with van der Waals surface area (Å²) in [5.41, 5.74) is 0. The van der Waals surface area contributed by atoms with Crippen LogP contribution in [0.25, 0.3) is 0 Å². The number of hydrogen-bond acceptors (Lipinski definition) is 2. The summed E-state index contributed by atoms with van der Waals surface area (Å²) in [6.07, 6.45) is 7.73. The molecule has 0 aliphatic heterocycles. The molecule has 0 heterocycles. The third-order valence-corrected chi connectivity index (χ3v) is 5.03. The van der Waals surface area contributed by atoms with Crippen molar-refractivity contribution in [3.63, 3.8) is 0 Å². The van der Waals surface area contributed by atoms with Crippen molar-refractivity contribution in [3.8, 4) is 0 Å². The molecule has 0 saturated heterocycles. The molecule has 0 aromatic rings. The lowest BCUT2D eigenvalue weighted by Gasteiger charge is -2.00. The molecule has 0 aromatic carbocycles. The average Bonchev–Trinajstić information content (AvgIpc) is 2.11. The van der Waals surface area contributed by atoms with Crippen LogP contribution < -0.4 is 0 Å². The van der Waals surface area contributed by atoms with Crippen molar-refractivity contribution in [3.05, 3.63) is 0 Å². The second kappa shape index (κ2) is 10.6. The van der Waals surface area contributed by atoms with Gasteiger partial charge in [0.2, 0.25) is 0 Å². The molecule has 3 heteroatoms. The quantitative estimate of drug-likeness (QED) is 0.436. The van der Waals surface area contributed by atoms with Crippen molar-refractivity contribution in [2.75, 3.05) is 11.5 Å². The van der Waals surface area contributed by atoms with E-state index in [1.165, 1.54) is 32.1 Å². The predicted octanol–water partition coefficient (Wildman–Crippen LogP) is 3.76. The minimum absolute atomic E-state index is 0.611. The number of unbranched alkanes of at least 4 members (excludes halogenated alkanes) is 5. The SMILES string of the molecule is CCCCCCCCS(=O)SCC. The molecule has 1 nitrogen and oxygen atoms in total. The Labute approximate surface area is 88.9 Å². The first-order valence-corrected chi connectivity index (χ1v) is 8.15. The highest BCUT2D eigenvalue weighted by Gasteiger charge is 1.97. The minimum Gasteiger partial charge on any atom is -0.248 e. The second-order valence-corrected chi connectivity index (χ2v) is 6.83. The first-order chi connectivity index (χ1) is 6.31. The van der Waals surface area contributed by atoms with Gasteiger partial charge >= 0.3 is 0 Å². The van der Waals surface area contributed by atoms with Gasteiger partial charge in [0, 0.05) is 11.5 Å². The van der Waals surface area contributed by atoms with Crippen LogP contribution in [0.3, 0.4) is 0 Å². The summed E-state index contributed by atoms with van der Waals surface area (Å²) < 4.78 is 11.2. The third kappa shape index (κ3) is 10.4. The van der Waals surface area contributed by atoms with Crippen LogP contribution in [-0.4, -0.2) is 15.7 Å². The molecule has 0 N–H and O–H groups in total. The first-order valence-electron chi connectivity index (χ1n) is 5.32. The molecule has 0 amide bonds. The first kappa shape index (κ1) is 13.5. The topological polar surface area (TPSA) is 17.1 Å². The number of hydrogen-bond donors (Lipinski definition) is 0. The molecule has 1 unspecified atom stereocenters. The van der Waals surface area contributed by atoms with E-state index in [9.17, 15) is 4.21 Å². The zero-order valence-electron chi connectivity index (χ0n) is 8.88. The fourth-order valence-electron chi connectivity index (χ4n) is 1.19. The van der Waals surface area contributed by atoms with E-state index in [0.717, 1.165) is 17.9 Å². The molecule has 0 radical (unpaired) electrons. The van der Waals surface area contributed by atoms with Gasteiger partial charge in [-0.25, -0.2) is 4.21 Å². The van der Waals surface area contributed by atoms with Crippen LogP contribution in [0, 0.1) is 0 Å². The van der Waals surface area contributed by atoms with Gasteiger partial charge in [-0.05, 0) is 6.42 Å². The van der Waals surface area contributed by atoms with Crippen LogP contribution in [-0.2, 0) is 9.83 Å². The highest BCUT2D eigenvalue weighted by molar-refractivity contribution is 8.69. The normalized spacial score (nSPS) is 13.1. The van der Waals surface area contributed by atoms with Crippen LogP contribution in [0.2, 0.25) is 0 Å². The van der Waals surface area contributed by atoms with Gasteiger partial charge in [0.15, 0.2) is 0 Å². The van der Waals surface area contributed by atoms with Gasteiger partial charge in [-0.2, -0.15) is 0 Å². The summed E-state index contributed by atoms with van der Waals surface area (Å²) in [5.74, 6) is 1.87. The Morgan fingerprint density at radius 3 is 2.23 bits per heavy atom. The van der Waals surface area contributed by atoms with Crippen molar-refractivity contribution in [2.45, 2.75) is 52.4 Å². The molecular weight excluding hydrogens is 200 g/mol. The monoisotopic (exact) mass is 222 g/mol. The zero-order chi connectivity index (χ0) is 9.94. The fraction of sp³-hybridized carbons (Fsp3) is 1.00. The van der Waals surface area contributed by atoms with E-state index in [0.29, 0.717) is 0 Å². The van der Waals surface area contributed by atoms with Crippen LogP contribution in [0.5, 0.6) is 0 Å². The average molecular weight is 222 g/mol. The smallest absolute Gasteiger partial charge is 0.0803 e. The zero-order valence-corrected chi connectivity index (χ0v) is 10.5. The fourth-order valence-corrected chi connectivity index (χ4v) is 3.51. The Kier molecular flexibility index (Phi) is 11.0.